The van der Waals surface area contributed by atoms with Crippen LogP contribution in [0.15, 0.2) is 83.4 Å². The van der Waals surface area contributed by atoms with Crippen LogP contribution in [-0.4, -0.2) is 11.6 Å². The average Bonchev–Trinajstić information content (AvgIpc) is 2.65. The topological polar surface area (TPSA) is 72.2 Å². The number of rotatable bonds is 6. The molecule has 0 spiro atoms. The fraction of sp³-hybridized carbons (Fsp3) is 0.217. The van der Waals surface area contributed by atoms with Crippen molar-refractivity contribution in [1.82, 2.24) is 5.32 Å². The fourth-order valence-electron chi connectivity index (χ4n) is 3.38. The number of nitrogens with one attached hydrogen (secondary N) is 1. The second kappa shape index (κ2) is 8.49. The lowest BCUT2D eigenvalue weighted by Crippen LogP contribution is -2.31. The van der Waals surface area contributed by atoms with Crippen molar-refractivity contribution in [1.29, 1.82) is 0 Å². The van der Waals surface area contributed by atoms with E-state index in [-0.39, 0.29) is 17.3 Å². The molecule has 0 heterocycles. The molecule has 0 aromatic heterocycles. The lowest BCUT2D eigenvalue weighted by Gasteiger charge is -2.27. The van der Waals surface area contributed by atoms with E-state index in [1.165, 1.54) is 12.4 Å². The van der Waals surface area contributed by atoms with Crippen LogP contribution in [0.25, 0.3) is 0 Å². The molecule has 0 bridgehead atoms. The highest BCUT2D eigenvalue weighted by Gasteiger charge is 2.36. The summed E-state index contributed by atoms with van der Waals surface area (Å²) in [5.41, 5.74) is 9.95. The fourth-order valence-corrected chi connectivity index (χ4v) is 3.38. The van der Waals surface area contributed by atoms with Crippen molar-refractivity contribution in [2.45, 2.75) is 33.6 Å². The minimum Gasteiger partial charge on any atom is -0.405 e. The predicted molar refractivity (Wildman–Crippen MR) is 110 cm³/mol. The third-order valence-electron chi connectivity index (χ3n) is 4.91. The first kappa shape index (κ1) is 20.2. The summed E-state index contributed by atoms with van der Waals surface area (Å²) in [5.74, 6) is -0.763. The van der Waals surface area contributed by atoms with Gasteiger partial charge in [-0.1, -0.05) is 43.0 Å². The van der Waals surface area contributed by atoms with Gasteiger partial charge < -0.3 is 11.1 Å². The summed E-state index contributed by atoms with van der Waals surface area (Å²) in [4.78, 5) is 26.6. The zero-order chi connectivity index (χ0) is 20.1. The van der Waals surface area contributed by atoms with Crippen LogP contribution in [0.1, 0.15) is 37.8 Å². The number of aryl methyl sites for hydroxylation is 1. The van der Waals surface area contributed by atoms with Crippen molar-refractivity contribution in [3.8, 4) is 0 Å². The van der Waals surface area contributed by atoms with Crippen molar-refractivity contribution >= 4 is 11.6 Å². The second-order valence-corrected chi connectivity index (χ2v) is 6.49. The van der Waals surface area contributed by atoms with E-state index in [0.717, 1.165) is 16.7 Å². The SMILES string of the molecule is C=CNC1=C(/C(C)=C\C)C(=O)C(C(/C=C\N)c2ccccc2C)=C(C)C1=O. The molecule has 0 aliphatic heterocycles. The van der Waals surface area contributed by atoms with Gasteiger partial charge in [0.15, 0.2) is 5.78 Å². The van der Waals surface area contributed by atoms with Crippen LogP contribution in [0.3, 0.4) is 0 Å². The van der Waals surface area contributed by atoms with Crippen LogP contribution in [0.2, 0.25) is 0 Å². The number of hydrogen-bond donors (Lipinski definition) is 2. The summed E-state index contributed by atoms with van der Waals surface area (Å²) < 4.78 is 0. The Morgan fingerprint density at radius 2 is 1.85 bits per heavy atom. The molecule has 1 aromatic rings. The van der Waals surface area contributed by atoms with Gasteiger partial charge >= 0.3 is 0 Å². The lowest BCUT2D eigenvalue weighted by atomic mass is 9.76. The van der Waals surface area contributed by atoms with Gasteiger partial charge in [-0.15, -0.1) is 0 Å². The van der Waals surface area contributed by atoms with Crippen molar-refractivity contribution in [2.75, 3.05) is 0 Å². The molecule has 0 amide bonds. The van der Waals surface area contributed by atoms with Crippen molar-refractivity contribution in [2.24, 2.45) is 5.73 Å². The number of allylic oxidation sites excluding steroid dienone is 6. The van der Waals surface area contributed by atoms with Gasteiger partial charge in [0.1, 0.15) is 0 Å². The van der Waals surface area contributed by atoms with Crippen LogP contribution in [0.5, 0.6) is 0 Å². The van der Waals surface area contributed by atoms with Gasteiger partial charge in [0.2, 0.25) is 5.78 Å². The first-order chi connectivity index (χ1) is 12.9. The van der Waals surface area contributed by atoms with Crippen LogP contribution in [0.4, 0.5) is 0 Å². The first-order valence-electron chi connectivity index (χ1n) is 8.88. The Hall–Kier alpha value is -3.14. The van der Waals surface area contributed by atoms with Crippen LogP contribution in [0, 0.1) is 6.92 Å². The van der Waals surface area contributed by atoms with Gasteiger partial charge in [-0.2, -0.15) is 0 Å². The monoisotopic (exact) mass is 362 g/mol. The number of nitrogens with two attached hydrogens (primary N) is 1. The number of Topliss-reactive ketones (excluding diaryl/α,β-unsaturated/α-hetero) is 2. The minimum atomic E-state index is -0.391. The highest BCUT2D eigenvalue weighted by molar-refractivity contribution is 6.27. The van der Waals surface area contributed by atoms with E-state index in [1.54, 1.807) is 13.0 Å². The van der Waals surface area contributed by atoms with Gasteiger partial charge in [-0.05, 0) is 56.8 Å². The molecule has 27 heavy (non-hydrogen) atoms. The Kier molecular flexibility index (Phi) is 6.35. The Balaban J connectivity index is 2.75. The Morgan fingerprint density at radius 3 is 2.41 bits per heavy atom. The first-order valence-corrected chi connectivity index (χ1v) is 8.88. The quantitative estimate of drug-likeness (QED) is 0.751. The van der Waals surface area contributed by atoms with E-state index in [0.29, 0.717) is 16.7 Å². The average molecular weight is 362 g/mol. The molecule has 1 atom stereocenters. The lowest BCUT2D eigenvalue weighted by molar-refractivity contribution is -0.116. The van der Waals surface area contributed by atoms with Crippen LogP contribution < -0.4 is 11.1 Å². The number of hydrogen-bond acceptors (Lipinski definition) is 4. The molecule has 0 radical (unpaired) electrons. The summed E-state index contributed by atoms with van der Waals surface area (Å²) in [7, 11) is 0. The number of benzene rings is 1. The predicted octanol–water partition coefficient (Wildman–Crippen LogP) is 3.97. The van der Waals surface area contributed by atoms with E-state index in [9.17, 15) is 9.59 Å². The van der Waals surface area contributed by atoms with Gasteiger partial charge in [0.25, 0.3) is 0 Å². The standard InChI is InChI=1S/C23H26N2O2/c1-6-14(3)19-21(25-7-2)22(26)16(5)20(23(19)27)18(12-13-24)17-11-9-8-10-15(17)4/h6-13,18,25H,2,24H2,1,3-5H3/b13-12-,14-6-. The van der Waals surface area contributed by atoms with Crippen LogP contribution >= 0.6 is 0 Å². The molecule has 140 valence electrons. The molecule has 1 unspecified atom stereocenters. The third-order valence-corrected chi connectivity index (χ3v) is 4.91. The summed E-state index contributed by atoms with van der Waals surface area (Å²) in [6, 6.07) is 7.81. The van der Waals surface area contributed by atoms with E-state index in [2.05, 4.69) is 11.9 Å². The third kappa shape index (κ3) is 3.70. The molecule has 0 fully saturated rings. The molecule has 1 aliphatic carbocycles. The zero-order valence-corrected chi connectivity index (χ0v) is 16.3. The maximum absolute atomic E-state index is 13.5. The summed E-state index contributed by atoms with van der Waals surface area (Å²) >= 11 is 0. The largest absolute Gasteiger partial charge is 0.405 e. The van der Waals surface area contributed by atoms with E-state index in [1.807, 2.05) is 51.1 Å². The van der Waals surface area contributed by atoms with E-state index < -0.39 is 5.92 Å². The zero-order valence-electron chi connectivity index (χ0n) is 16.3. The highest BCUT2D eigenvalue weighted by Crippen LogP contribution is 2.38. The Morgan fingerprint density at radius 1 is 1.19 bits per heavy atom. The minimum absolute atomic E-state index is 0.168. The van der Waals surface area contributed by atoms with Crippen LogP contribution in [-0.2, 0) is 9.59 Å². The smallest absolute Gasteiger partial charge is 0.206 e. The second-order valence-electron chi connectivity index (χ2n) is 6.49. The number of carbonyl (C=O) groups excluding carboxylic acids is 2. The molecular formula is C23H26N2O2. The molecule has 4 heteroatoms. The molecule has 3 N–H and O–H groups in total. The molecule has 1 aliphatic rings. The molecule has 1 aromatic carbocycles. The van der Waals surface area contributed by atoms with E-state index in [4.69, 9.17) is 5.73 Å². The molecule has 4 nitrogen and oxygen atoms in total. The summed E-state index contributed by atoms with van der Waals surface area (Å²) in [6.45, 7) is 11.0. The van der Waals surface area contributed by atoms with Gasteiger partial charge in [-0.25, -0.2) is 0 Å². The summed E-state index contributed by atoms with van der Waals surface area (Å²) in [6.07, 6.45) is 6.44. The van der Waals surface area contributed by atoms with Gasteiger partial charge in [-0.3, -0.25) is 9.59 Å². The molecule has 2 rings (SSSR count). The van der Waals surface area contributed by atoms with E-state index >= 15 is 0 Å². The van der Waals surface area contributed by atoms with Crippen molar-refractivity contribution in [3.05, 3.63) is 94.5 Å². The Bertz CT molecular complexity index is 914. The molecule has 0 saturated heterocycles. The van der Waals surface area contributed by atoms with Gasteiger partial charge in [0.05, 0.1) is 11.3 Å². The maximum atomic E-state index is 13.5. The molecule has 0 saturated carbocycles. The number of carbonyl (C=O) groups is 2. The highest BCUT2D eigenvalue weighted by atomic mass is 16.1. The van der Waals surface area contributed by atoms with Gasteiger partial charge in [0, 0.05) is 17.1 Å². The van der Waals surface area contributed by atoms with Crippen molar-refractivity contribution < 1.29 is 9.59 Å². The molecular weight excluding hydrogens is 336 g/mol. The summed E-state index contributed by atoms with van der Waals surface area (Å²) in [5, 5.41) is 2.86. The normalized spacial score (nSPS) is 17.0. The Labute approximate surface area is 160 Å². The van der Waals surface area contributed by atoms with Crippen molar-refractivity contribution in [3.63, 3.8) is 0 Å². The maximum Gasteiger partial charge on any atom is 0.206 e. The number of ketones is 2.